The number of carboxylic acids is 2. The highest BCUT2D eigenvalue weighted by Crippen LogP contribution is 2.54. The minimum atomic E-state index is -3.60. The van der Waals surface area contributed by atoms with Crippen LogP contribution in [0.3, 0.4) is 0 Å². The van der Waals surface area contributed by atoms with Crippen LogP contribution >= 0.6 is 0 Å². The Morgan fingerprint density at radius 3 is 1.18 bits per heavy atom. The first-order chi connectivity index (χ1) is 19.2. The average Bonchev–Trinajstić information content (AvgIpc) is 3.01. The number of carbonyl (C=O) groups is 2. The molecule has 0 radical (unpaired) electrons. The Morgan fingerprint density at radius 2 is 0.900 bits per heavy atom. The zero-order valence-corrected chi connectivity index (χ0v) is 23.9. The fourth-order valence-electron chi connectivity index (χ4n) is 6.56. The van der Waals surface area contributed by atoms with Gasteiger partial charge >= 0.3 is 11.9 Å². The van der Waals surface area contributed by atoms with E-state index in [2.05, 4.69) is 0 Å². The molecule has 5 rings (SSSR count). The van der Waals surface area contributed by atoms with Gasteiger partial charge in [-0.3, -0.25) is 0 Å². The largest absolute Gasteiger partial charge is 0.479 e. The molecule has 1 aliphatic heterocycles. The third kappa shape index (κ3) is 4.05. The molecule has 0 spiro atoms. The quantitative estimate of drug-likeness (QED) is 0.186. The summed E-state index contributed by atoms with van der Waals surface area (Å²) < 4.78 is 4.56. The Kier molecular flexibility index (Phi) is 7.34. The van der Waals surface area contributed by atoms with Crippen molar-refractivity contribution in [2.45, 2.75) is 23.1 Å². The van der Waals surface area contributed by atoms with Crippen molar-refractivity contribution in [3.05, 3.63) is 121 Å². The smallest absolute Gasteiger partial charge is 0.347 e. The molecule has 0 unspecified atom stereocenters. The number of carboxylic acid groups (broad SMARTS) is 2. The molecule has 1 fully saturated rings. The Morgan fingerprint density at radius 1 is 0.600 bits per heavy atom. The van der Waals surface area contributed by atoms with Crippen molar-refractivity contribution in [2.75, 3.05) is 6.61 Å². The fourth-order valence-corrected chi connectivity index (χ4v) is 18.6. The van der Waals surface area contributed by atoms with E-state index in [0.29, 0.717) is 6.42 Å². The molecule has 0 atom stereocenters. The number of ether oxygens (including phenoxy) is 1. The van der Waals surface area contributed by atoms with E-state index in [1.807, 2.05) is 121 Å². The summed E-state index contributed by atoms with van der Waals surface area (Å²) in [7, 11) is -7.21. The minimum absolute atomic E-state index is 0.115. The second-order valence-corrected chi connectivity index (χ2v) is 18.3. The van der Waals surface area contributed by atoms with Gasteiger partial charge in [0, 0.05) is 17.7 Å². The Balaban J connectivity index is 1.98. The lowest BCUT2D eigenvalue weighted by molar-refractivity contribution is -0.190. The Bertz CT molecular complexity index is 1310. The summed E-state index contributed by atoms with van der Waals surface area (Å²) >= 11 is 0. The first-order valence-corrected chi connectivity index (χ1v) is 17.3. The van der Waals surface area contributed by atoms with E-state index in [1.165, 1.54) is 0 Å². The van der Waals surface area contributed by atoms with Crippen LogP contribution in [0, 0.1) is 0 Å². The predicted octanol–water partition coefficient (Wildman–Crippen LogP) is 1.42. The second kappa shape index (κ2) is 10.6. The van der Waals surface area contributed by atoms with Crippen LogP contribution in [0.25, 0.3) is 0 Å². The molecule has 7 nitrogen and oxygen atoms in total. The molecular formula is C31H32N2O5Si2. The maximum atomic E-state index is 12.8. The number of aliphatic carboxylic acids is 2. The number of rotatable bonds is 8. The van der Waals surface area contributed by atoms with Gasteiger partial charge in [0.2, 0.25) is 0 Å². The van der Waals surface area contributed by atoms with Crippen LogP contribution in [-0.4, -0.2) is 50.8 Å². The summed E-state index contributed by atoms with van der Waals surface area (Å²) in [6.07, 6.45) is -0.0714. The van der Waals surface area contributed by atoms with Gasteiger partial charge in [0.25, 0.3) is 5.60 Å². The van der Waals surface area contributed by atoms with Crippen molar-refractivity contribution in [1.82, 2.24) is 0 Å². The van der Waals surface area contributed by atoms with Crippen molar-refractivity contribution in [2.24, 2.45) is 10.8 Å². The van der Waals surface area contributed by atoms with Crippen molar-refractivity contribution in [1.29, 1.82) is 0 Å². The molecule has 0 amide bonds. The number of hydrogen-bond acceptors (Lipinski definition) is 5. The molecule has 4 aromatic rings. The standard InChI is InChI=1S/C31H32N2O5Si2/c32-39(24-13-5-1-6-14-24,25-15-7-2-8-16-25)30(21-22-38-31(23-30,28(34)35)29(36)37)40(33,26-17-9-3-10-18-26)27-19-11-4-12-20-27/h1-20H,21-23,32-33H2,(H,34,35)(H,36,37). The van der Waals surface area contributed by atoms with Crippen molar-refractivity contribution < 1.29 is 24.5 Å². The van der Waals surface area contributed by atoms with Gasteiger partial charge in [0.05, 0.1) is 0 Å². The zero-order chi connectivity index (χ0) is 28.4. The lowest BCUT2D eigenvalue weighted by atomic mass is 9.93. The Labute approximate surface area is 235 Å². The van der Waals surface area contributed by atoms with E-state index in [9.17, 15) is 19.8 Å². The van der Waals surface area contributed by atoms with Gasteiger partial charge in [-0.2, -0.15) is 0 Å². The van der Waals surface area contributed by atoms with E-state index in [0.717, 1.165) is 20.7 Å². The summed E-state index contributed by atoms with van der Waals surface area (Å²) in [5, 5.41) is 40.1. The molecular weight excluding hydrogens is 537 g/mol. The molecule has 204 valence electrons. The van der Waals surface area contributed by atoms with Crippen molar-refractivity contribution >= 4 is 49.2 Å². The van der Waals surface area contributed by atoms with Crippen LogP contribution in [0.4, 0.5) is 0 Å². The van der Waals surface area contributed by atoms with Gasteiger partial charge in [-0.25, -0.2) is 9.59 Å². The SMILES string of the molecule is N[Si](c1ccccc1)(c1ccccc1)C1([Si](N)(c2ccccc2)c2ccccc2)CCOC(C(=O)O)(C(=O)O)C1. The molecule has 9 heteroatoms. The van der Waals surface area contributed by atoms with Gasteiger partial charge in [0.1, 0.15) is 0 Å². The Hall–Kier alpha value is -3.87. The molecule has 40 heavy (non-hydrogen) atoms. The van der Waals surface area contributed by atoms with E-state index in [4.69, 9.17) is 15.5 Å². The van der Waals surface area contributed by atoms with Crippen molar-refractivity contribution in [3.8, 4) is 0 Å². The average molecular weight is 569 g/mol. The highest BCUT2D eigenvalue weighted by molar-refractivity contribution is 7.18. The van der Waals surface area contributed by atoms with Gasteiger partial charge in [-0.1, -0.05) is 121 Å². The molecule has 1 heterocycles. The van der Waals surface area contributed by atoms with Crippen molar-refractivity contribution in [3.63, 3.8) is 0 Å². The van der Waals surface area contributed by atoms with E-state index >= 15 is 0 Å². The monoisotopic (exact) mass is 568 g/mol. The van der Waals surface area contributed by atoms with Gasteiger partial charge in [0.15, 0.2) is 16.5 Å². The lowest BCUT2D eigenvalue weighted by Crippen LogP contribution is -2.88. The second-order valence-electron chi connectivity index (χ2n) is 10.4. The van der Waals surface area contributed by atoms with Crippen LogP contribution < -0.4 is 31.5 Å². The summed E-state index contributed by atoms with van der Waals surface area (Å²) in [4.78, 5) is 25.7. The molecule has 6 N–H and O–H groups in total. The molecule has 0 aromatic heterocycles. The van der Waals surface area contributed by atoms with Gasteiger partial charge in [-0.05, 0) is 27.2 Å². The van der Waals surface area contributed by atoms with Crippen LogP contribution in [0.1, 0.15) is 12.8 Å². The summed E-state index contributed by atoms with van der Waals surface area (Å²) in [6, 6.07) is 38.6. The van der Waals surface area contributed by atoms with Crippen LogP contribution in [0.5, 0.6) is 0 Å². The number of benzene rings is 4. The molecule has 1 aliphatic rings. The molecule has 0 bridgehead atoms. The molecule has 0 aliphatic carbocycles. The zero-order valence-electron chi connectivity index (χ0n) is 21.9. The van der Waals surface area contributed by atoms with Crippen LogP contribution in [0.15, 0.2) is 121 Å². The third-order valence-corrected chi connectivity index (χ3v) is 19.8. The van der Waals surface area contributed by atoms with E-state index in [1.54, 1.807) is 0 Å². The number of hydrogen-bond donors (Lipinski definition) is 4. The lowest BCUT2D eigenvalue weighted by Gasteiger charge is -2.59. The third-order valence-electron chi connectivity index (χ3n) is 8.55. The molecule has 1 saturated heterocycles. The summed E-state index contributed by atoms with van der Waals surface area (Å²) in [5.74, 6) is -3.11. The van der Waals surface area contributed by atoms with E-state index < -0.39 is 38.7 Å². The highest BCUT2D eigenvalue weighted by Gasteiger charge is 2.72. The first kappa shape index (κ1) is 27.7. The molecule has 0 saturated carbocycles. The first-order valence-electron chi connectivity index (χ1n) is 13.1. The molecule has 4 aromatic carbocycles. The number of nitrogens with two attached hydrogens (primary N) is 2. The summed E-state index contributed by atoms with van der Waals surface area (Å²) in [5.41, 5.74) is -2.51. The topological polar surface area (TPSA) is 136 Å². The highest BCUT2D eigenvalue weighted by atomic mass is 28.4. The van der Waals surface area contributed by atoms with Gasteiger partial charge < -0.3 is 25.7 Å². The fraction of sp³-hybridized carbons (Fsp3) is 0.161. The normalized spacial score (nSPS) is 16.6. The minimum Gasteiger partial charge on any atom is -0.479 e. The van der Waals surface area contributed by atoms with Crippen LogP contribution in [-0.2, 0) is 14.3 Å². The van der Waals surface area contributed by atoms with E-state index in [-0.39, 0.29) is 13.0 Å². The van der Waals surface area contributed by atoms with Gasteiger partial charge in [-0.15, -0.1) is 0 Å². The summed E-state index contributed by atoms with van der Waals surface area (Å²) in [6.45, 7) is -0.115. The maximum Gasteiger partial charge on any atom is 0.347 e. The maximum absolute atomic E-state index is 12.8. The predicted molar refractivity (Wildman–Crippen MR) is 160 cm³/mol. The van der Waals surface area contributed by atoms with Crippen LogP contribution in [0.2, 0.25) is 4.66 Å².